The zero-order valence-corrected chi connectivity index (χ0v) is 10.9. The fraction of sp³-hybridized carbons (Fsp3) is 0.538. The molecule has 0 radical (unpaired) electrons. The first-order valence-corrected chi connectivity index (χ1v) is 6.07. The first-order valence-electron chi connectivity index (χ1n) is 6.07. The van der Waals surface area contributed by atoms with Crippen LogP contribution in [-0.2, 0) is 4.74 Å². The average Bonchev–Trinajstić information content (AvgIpc) is 2.46. The Kier molecular flexibility index (Phi) is 4.28. The van der Waals surface area contributed by atoms with Crippen molar-refractivity contribution in [2.75, 3.05) is 45.4 Å². The van der Waals surface area contributed by atoms with Crippen LogP contribution < -0.4 is 20.1 Å². The van der Waals surface area contributed by atoms with Crippen LogP contribution in [0.2, 0.25) is 0 Å². The third-order valence-corrected chi connectivity index (χ3v) is 3.13. The van der Waals surface area contributed by atoms with E-state index in [1.807, 2.05) is 18.2 Å². The summed E-state index contributed by atoms with van der Waals surface area (Å²) in [5.41, 5.74) is 6.71. The third kappa shape index (κ3) is 2.68. The molecular weight excluding hydrogens is 232 g/mol. The number of anilines is 1. The summed E-state index contributed by atoms with van der Waals surface area (Å²) in [6.45, 7) is 2.87. The molecule has 1 aromatic carbocycles. The van der Waals surface area contributed by atoms with Crippen molar-refractivity contribution >= 4 is 5.69 Å². The van der Waals surface area contributed by atoms with Crippen LogP contribution in [0, 0.1) is 0 Å². The highest BCUT2D eigenvalue weighted by molar-refractivity contribution is 5.61. The molecule has 1 unspecified atom stereocenters. The molecule has 5 nitrogen and oxygen atoms in total. The molecule has 1 fully saturated rings. The van der Waals surface area contributed by atoms with Gasteiger partial charge in [0, 0.05) is 25.7 Å². The topological polar surface area (TPSA) is 57.0 Å². The molecule has 0 bridgehead atoms. The maximum Gasteiger partial charge on any atom is 0.145 e. The largest absolute Gasteiger partial charge is 0.497 e. The number of hydrogen-bond donors (Lipinski definition) is 1. The third-order valence-electron chi connectivity index (χ3n) is 3.13. The van der Waals surface area contributed by atoms with Gasteiger partial charge in [-0.25, -0.2) is 0 Å². The second kappa shape index (κ2) is 5.93. The average molecular weight is 252 g/mol. The number of rotatable bonds is 4. The molecule has 0 amide bonds. The summed E-state index contributed by atoms with van der Waals surface area (Å²) in [5.74, 6) is 1.60. The first kappa shape index (κ1) is 13.0. The Labute approximate surface area is 107 Å². The van der Waals surface area contributed by atoms with Gasteiger partial charge in [-0.15, -0.1) is 0 Å². The van der Waals surface area contributed by atoms with Crippen LogP contribution in [0.4, 0.5) is 5.69 Å². The number of hydrogen-bond acceptors (Lipinski definition) is 5. The van der Waals surface area contributed by atoms with Crippen LogP contribution in [0.25, 0.3) is 0 Å². The maximum atomic E-state index is 5.66. The predicted molar refractivity (Wildman–Crippen MR) is 70.6 cm³/mol. The van der Waals surface area contributed by atoms with Crippen molar-refractivity contribution in [2.45, 2.75) is 6.10 Å². The molecule has 0 aromatic heterocycles. The van der Waals surface area contributed by atoms with E-state index in [4.69, 9.17) is 19.9 Å². The van der Waals surface area contributed by atoms with E-state index in [2.05, 4.69) is 4.90 Å². The van der Waals surface area contributed by atoms with Gasteiger partial charge in [-0.1, -0.05) is 0 Å². The van der Waals surface area contributed by atoms with Gasteiger partial charge in [-0.2, -0.15) is 0 Å². The predicted octanol–water partition coefficient (Wildman–Crippen LogP) is 0.868. The SMILES string of the molecule is COc1ccc(N2CCOC(CN)C2)c(OC)c1. The Morgan fingerprint density at radius 1 is 1.39 bits per heavy atom. The molecule has 2 rings (SSSR count). The van der Waals surface area contributed by atoms with Crippen molar-refractivity contribution in [3.05, 3.63) is 18.2 Å². The van der Waals surface area contributed by atoms with Gasteiger partial charge in [-0.05, 0) is 12.1 Å². The van der Waals surface area contributed by atoms with Crippen LogP contribution in [-0.4, -0.2) is 46.6 Å². The monoisotopic (exact) mass is 252 g/mol. The van der Waals surface area contributed by atoms with Gasteiger partial charge in [0.05, 0.1) is 32.6 Å². The van der Waals surface area contributed by atoms with Crippen molar-refractivity contribution in [1.29, 1.82) is 0 Å². The lowest BCUT2D eigenvalue weighted by atomic mass is 10.2. The summed E-state index contributed by atoms with van der Waals surface area (Å²) < 4.78 is 16.2. The summed E-state index contributed by atoms with van der Waals surface area (Å²) in [7, 11) is 3.31. The van der Waals surface area contributed by atoms with E-state index in [0.717, 1.165) is 30.3 Å². The zero-order chi connectivity index (χ0) is 13.0. The fourth-order valence-electron chi connectivity index (χ4n) is 2.13. The van der Waals surface area contributed by atoms with Crippen molar-refractivity contribution < 1.29 is 14.2 Å². The molecule has 100 valence electrons. The van der Waals surface area contributed by atoms with Crippen molar-refractivity contribution in [1.82, 2.24) is 0 Å². The Morgan fingerprint density at radius 3 is 2.89 bits per heavy atom. The Morgan fingerprint density at radius 2 is 2.22 bits per heavy atom. The number of nitrogens with zero attached hydrogens (tertiary/aromatic N) is 1. The van der Waals surface area contributed by atoms with Crippen molar-refractivity contribution in [3.8, 4) is 11.5 Å². The second-order valence-electron chi connectivity index (χ2n) is 4.21. The minimum absolute atomic E-state index is 0.0885. The summed E-state index contributed by atoms with van der Waals surface area (Å²) in [6.07, 6.45) is 0.0885. The standard InChI is InChI=1S/C13H20N2O3/c1-16-10-3-4-12(13(7-10)17-2)15-5-6-18-11(8-14)9-15/h3-4,7,11H,5-6,8-9,14H2,1-2H3. The molecule has 1 aromatic rings. The van der Waals surface area contributed by atoms with Crippen LogP contribution in [0.1, 0.15) is 0 Å². The molecule has 0 spiro atoms. The fourth-order valence-corrected chi connectivity index (χ4v) is 2.13. The van der Waals surface area contributed by atoms with Gasteiger partial charge in [0.15, 0.2) is 0 Å². The lowest BCUT2D eigenvalue weighted by molar-refractivity contribution is 0.0464. The Bertz CT molecular complexity index is 398. The van der Waals surface area contributed by atoms with Crippen LogP contribution in [0.15, 0.2) is 18.2 Å². The molecule has 1 atom stereocenters. The van der Waals surface area contributed by atoms with E-state index in [9.17, 15) is 0 Å². The molecule has 1 aliphatic rings. The van der Waals surface area contributed by atoms with Gasteiger partial charge < -0.3 is 24.8 Å². The number of nitrogens with two attached hydrogens (primary N) is 1. The Balaban J connectivity index is 2.21. The summed E-state index contributed by atoms with van der Waals surface area (Å²) >= 11 is 0. The van der Waals surface area contributed by atoms with E-state index in [-0.39, 0.29) is 6.10 Å². The van der Waals surface area contributed by atoms with E-state index < -0.39 is 0 Å². The highest BCUT2D eigenvalue weighted by Crippen LogP contribution is 2.32. The van der Waals surface area contributed by atoms with E-state index in [1.165, 1.54) is 0 Å². The summed E-state index contributed by atoms with van der Waals surface area (Å²) in [6, 6.07) is 5.84. The summed E-state index contributed by atoms with van der Waals surface area (Å²) in [5, 5.41) is 0. The minimum Gasteiger partial charge on any atom is -0.497 e. The number of benzene rings is 1. The number of ether oxygens (including phenoxy) is 3. The Hall–Kier alpha value is -1.46. The van der Waals surface area contributed by atoms with Gasteiger partial charge in [0.25, 0.3) is 0 Å². The minimum atomic E-state index is 0.0885. The van der Waals surface area contributed by atoms with Crippen molar-refractivity contribution in [2.24, 2.45) is 5.73 Å². The van der Waals surface area contributed by atoms with E-state index in [1.54, 1.807) is 14.2 Å². The zero-order valence-electron chi connectivity index (χ0n) is 10.9. The molecule has 1 saturated heterocycles. The van der Waals surface area contributed by atoms with E-state index in [0.29, 0.717) is 13.2 Å². The highest BCUT2D eigenvalue weighted by Gasteiger charge is 2.21. The highest BCUT2D eigenvalue weighted by atomic mass is 16.5. The molecule has 0 saturated carbocycles. The van der Waals surface area contributed by atoms with Crippen LogP contribution in [0.3, 0.4) is 0 Å². The van der Waals surface area contributed by atoms with Gasteiger partial charge in [-0.3, -0.25) is 0 Å². The lowest BCUT2D eigenvalue weighted by Gasteiger charge is -2.34. The van der Waals surface area contributed by atoms with Gasteiger partial charge in [0.1, 0.15) is 11.5 Å². The second-order valence-corrected chi connectivity index (χ2v) is 4.21. The molecule has 2 N–H and O–H groups in total. The van der Waals surface area contributed by atoms with Gasteiger partial charge in [0.2, 0.25) is 0 Å². The molecule has 18 heavy (non-hydrogen) atoms. The molecule has 1 heterocycles. The summed E-state index contributed by atoms with van der Waals surface area (Å²) in [4.78, 5) is 2.24. The molecular formula is C13H20N2O3. The van der Waals surface area contributed by atoms with Gasteiger partial charge >= 0.3 is 0 Å². The maximum absolute atomic E-state index is 5.66. The van der Waals surface area contributed by atoms with Crippen molar-refractivity contribution in [3.63, 3.8) is 0 Å². The number of morpholine rings is 1. The normalized spacial score (nSPS) is 19.7. The lowest BCUT2D eigenvalue weighted by Crippen LogP contribution is -2.45. The van der Waals surface area contributed by atoms with Crippen LogP contribution >= 0.6 is 0 Å². The molecule has 5 heteroatoms. The molecule has 0 aliphatic carbocycles. The van der Waals surface area contributed by atoms with E-state index >= 15 is 0 Å². The number of methoxy groups -OCH3 is 2. The van der Waals surface area contributed by atoms with Crippen LogP contribution in [0.5, 0.6) is 11.5 Å². The quantitative estimate of drug-likeness (QED) is 0.861. The molecule has 1 aliphatic heterocycles. The smallest absolute Gasteiger partial charge is 0.145 e. The first-order chi connectivity index (χ1) is 8.78.